The van der Waals surface area contributed by atoms with Crippen LogP contribution in [0.25, 0.3) is 0 Å². The van der Waals surface area contributed by atoms with Gasteiger partial charge in [0, 0.05) is 19.5 Å². The zero-order valence-corrected chi connectivity index (χ0v) is 19.4. The summed E-state index contributed by atoms with van der Waals surface area (Å²) in [5.41, 5.74) is 11.0. The summed E-state index contributed by atoms with van der Waals surface area (Å²) in [6, 6.07) is -3.68. The normalized spacial score (nSPS) is 23.9. The average Bonchev–Trinajstić information content (AvgIpc) is 3.42. The summed E-state index contributed by atoms with van der Waals surface area (Å²) in [7, 11) is 0. The fourth-order valence-corrected chi connectivity index (χ4v) is 4.31. The van der Waals surface area contributed by atoms with Crippen LogP contribution in [0.1, 0.15) is 45.4 Å². The predicted octanol–water partition coefficient (Wildman–Crippen LogP) is -2.90. The van der Waals surface area contributed by atoms with Gasteiger partial charge in [0.25, 0.3) is 0 Å². The third-order valence-electron chi connectivity index (χ3n) is 6.11. The number of unbranched alkanes of at least 4 members (excludes halogenated alkanes) is 1. The molecule has 0 radical (unpaired) electrons. The van der Waals surface area contributed by atoms with Crippen molar-refractivity contribution in [3.8, 4) is 0 Å². The van der Waals surface area contributed by atoms with Crippen molar-refractivity contribution in [1.29, 1.82) is 0 Å². The van der Waals surface area contributed by atoms with E-state index in [1.807, 2.05) is 0 Å². The predicted molar refractivity (Wildman–Crippen MR) is 120 cm³/mol. The van der Waals surface area contributed by atoms with Crippen molar-refractivity contribution >= 4 is 29.6 Å². The minimum atomic E-state index is -1.15. The van der Waals surface area contributed by atoms with Crippen molar-refractivity contribution in [3.63, 3.8) is 0 Å². The van der Waals surface area contributed by atoms with Crippen molar-refractivity contribution in [3.05, 3.63) is 0 Å². The standard InChI is InChI=1S/C21H36N6O7/c1-12(23)20(32)27-11-13(28)9-16(27)18(30)24-10-17(29)26-8-4-6-15(26)19(31)25-14(21(33)34)5-2-3-7-22/h12-16,28H,2-11,22-23H2,1H3,(H,24,30)(H,25,31)(H,33,34)/t12-,13+,14-,15-,16-/m0/s1. The quantitative estimate of drug-likeness (QED) is 0.166. The van der Waals surface area contributed by atoms with E-state index in [0.29, 0.717) is 38.8 Å². The summed E-state index contributed by atoms with van der Waals surface area (Å²) in [6.07, 6.45) is 1.53. The first-order chi connectivity index (χ1) is 16.1. The van der Waals surface area contributed by atoms with Gasteiger partial charge in [-0.1, -0.05) is 0 Å². The number of carboxylic acid groups (broad SMARTS) is 1. The number of β-amino-alcohol motifs (C(OH)–C–C–N with tert-alkyl or cyclic N) is 1. The maximum absolute atomic E-state index is 12.7. The SMILES string of the molecule is C[C@H](N)C(=O)N1C[C@H](O)C[C@H]1C(=O)NCC(=O)N1CCC[C@H]1C(=O)N[C@@H](CCCCN)C(=O)O. The van der Waals surface area contributed by atoms with E-state index in [9.17, 15) is 34.2 Å². The fourth-order valence-electron chi connectivity index (χ4n) is 4.31. The third-order valence-corrected chi connectivity index (χ3v) is 6.11. The van der Waals surface area contributed by atoms with Gasteiger partial charge in [-0.05, 0) is 45.6 Å². The minimum Gasteiger partial charge on any atom is -0.480 e. The number of carboxylic acids is 1. The zero-order chi connectivity index (χ0) is 25.4. The number of rotatable bonds is 11. The van der Waals surface area contributed by atoms with Gasteiger partial charge >= 0.3 is 5.97 Å². The first-order valence-corrected chi connectivity index (χ1v) is 11.6. The van der Waals surface area contributed by atoms with Crippen LogP contribution in [0, 0.1) is 0 Å². The van der Waals surface area contributed by atoms with Gasteiger partial charge in [-0.3, -0.25) is 19.2 Å². The Bertz CT molecular complexity index is 777. The van der Waals surface area contributed by atoms with Crippen LogP contribution >= 0.6 is 0 Å². The number of hydrogen-bond acceptors (Lipinski definition) is 8. The van der Waals surface area contributed by atoms with E-state index in [0.717, 1.165) is 0 Å². The Hall–Kier alpha value is -2.77. The summed E-state index contributed by atoms with van der Waals surface area (Å²) in [4.78, 5) is 64.3. The second kappa shape index (κ2) is 12.6. The molecular formula is C21H36N6O7. The van der Waals surface area contributed by atoms with Gasteiger partial charge in [0.15, 0.2) is 0 Å². The number of hydrogen-bond donors (Lipinski definition) is 6. The number of aliphatic hydroxyl groups is 1. The number of nitrogens with one attached hydrogen (secondary N) is 2. The Morgan fingerprint density at radius 1 is 1.09 bits per heavy atom. The molecule has 0 aromatic carbocycles. The Kier molecular flexibility index (Phi) is 10.2. The molecule has 0 aliphatic carbocycles. The molecule has 5 atom stereocenters. The molecule has 2 saturated heterocycles. The zero-order valence-electron chi connectivity index (χ0n) is 19.4. The van der Waals surface area contributed by atoms with E-state index in [1.165, 1.54) is 16.7 Å². The van der Waals surface area contributed by atoms with E-state index in [-0.39, 0.29) is 19.4 Å². The Morgan fingerprint density at radius 2 is 1.79 bits per heavy atom. The lowest BCUT2D eigenvalue weighted by molar-refractivity contribution is -0.144. The Balaban J connectivity index is 1.93. The van der Waals surface area contributed by atoms with E-state index >= 15 is 0 Å². The average molecular weight is 485 g/mol. The van der Waals surface area contributed by atoms with Crippen molar-refractivity contribution in [2.24, 2.45) is 11.5 Å². The molecule has 13 heteroatoms. The largest absolute Gasteiger partial charge is 0.480 e. The van der Waals surface area contributed by atoms with Gasteiger partial charge < -0.3 is 42.1 Å². The van der Waals surface area contributed by atoms with Crippen molar-refractivity contribution in [2.75, 3.05) is 26.2 Å². The molecule has 0 aromatic heterocycles. The topological polar surface area (TPSA) is 208 Å². The summed E-state index contributed by atoms with van der Waals surface area (Å²) in [5, 5.41) is 24.3. The maximum Gasteiger partial charge on any atom is 0.326 e. The Morgan fingerprint density at radius 3 is 2.41 bits per heavy atom. The van der Waals surface area contributed by atoms with E-state index in [4.69, 9.17) is 11.5 Å². The fraction of sp³-hybridized carbons (Fsp3) is 0.762. The van der Waals surface area contributed by atoms with Crippen LogP contribution in [0.2, 0.25) is 0 Å². The van der Waals surface area contributed by atoms with E-state index in [1.54, 1.807) is 0 Å². The van der Waals surface area contributed by atoms with E-state index in [2.05, 4.69) is 10.6 Å². The molecule has 0 aromatic rings. The highest BCUT2D eigenvalue weighted by Gasteiger charge is 2.40. The second-order valence-corrected chi connectivity index (χ2v) is 8.83. The Labute approximate surface area is 198 Å². The lowest BCUT2D eigenvalue weighted by Crippen LogP contribution is -2.54. The van der Waals surface area contributed by atoms with Gasteiger partial charge in [-0.2, -0.15) is 0 Å². The molecule has 2 rings (SSSR count). The highest BCUT2D eigenvalue weighted by Crippen LogP contribution is 2.20. The summed E-state index contributed by atoms with van der Waals surface area (Å²) in [6.45, 7) is 1.80. The van der Waals surface area contributed by atoms with Crippen LogP contribution < -0.4 is 22.1 Å². The summed E-state index contributed by atoms with van der Waals surface area (Å²) < 4.78 is 0. The molecule has 2 aliphatic rings. The van der Waals surface area contributed by atoms with Crippen LogP contribution in [-0.2, 0) is 24.0 Å². The molecule has 8 N–H and O–H groups in total. The molecule has 0 spiro atoms. The van der Waals surface area contributed by atoms with Gasteiger partial charge in [0.2, 0.25) is 23.6 Å². The third kappa shape index (κ3) is 7.11. The first-order valence-electron chi connectivity index (χ1n) is 11.6. The van der Waals surface area contributed by atoms with Crippen molar-refractivity contribution < 1.29 is 34.2 Å². The highest BCUT2D eigenvalue weighted by atomic mass is 16.4. The van der Waals surface area contributed by atoms with Gasteiger partial charge in [0.05, 0.1) is 18.7 Å². The number of likely N-dealkylation sites (tertiary alicyclic amines) is 2. The smallest absolute Gasteiger partial charge is 0.326 e. The first kappa shape index (κ1) is 27.5. The number of carbonyl (C=O) groups excluding carboxylic acids is 4. The second-order valence-electron chi connectivity index (χ2n) is 8.83. The van der Waals surface area contributed by atoms with Crippen LogP contribution in [-0.4, -0.2) is 106 Å². The van der Waals surface area contributed by atoms with E-state index < -0.39 is 66.4 Å². The van der Waals surface area contributed by atoms with Gasteiger partial charge in [0.1, 0.15) is 18.1 Å². The number of amides is 4. The molecule has 13 nitrogen and oxygen atoms in total. The van der Waals surface area contributed by atoms with Crippen molar-refractivity contribution in [1.82, 2.24) is 20.4 Å². The summed E-state index contributed by atoms with van der Waals surface area (Å²) in [5.74, 6) is -3.27. The molecule has 2 heterocycles. The van der Waals surface area contributed by atoms with Gasteiger partial charge in [-0.15, -0.1) is 0 Å². The molecule has 2 fully saturated rings. The molecule has 4 amide bonds. The molecule has 0 saturated carbocycles. The molecule has 2 aliphatic heterocycles. The molecule has 0 unspecified atom stereocenters. The monoisotopic (exact) mass is 484 g/mol. The van der Waals surface area contributed by atoms with Gasteiger partial charge in [-0.25, -0.2) is 4.79 Å². The molecule has 192 valence electrons. The lowest BCUT2D eigenvalue weighted by atomic mass is 10.1. The molecule has 34 heavy (non-hydrogen) atoms. The van der Waals surface area contributed by atoms with Crippen LogP contribution in [0.4, 0.5) is 0 Å². The number of nitrogens with zero attached hydrogens (tertiary/aromatic N) is 2. The number of nitrogens with two attached hydrogens (primary N) is 2. The molecular weight excluding hydrogens is 448 g/mol. The number of carbonyl (C=O) groups is 5. The lowest BCUT2D eigenvalue weighted by Gasteiger charge is -2.27. The van der Waals surface area contributed by atoms with Crippen LogP contribution in [0.3, 0.4) is 0 Å². The maximum atomic E-state index is 12.7. The number of aliphatic hydroxyl groups excluding tert-OH is 1. The highest BCUT2D eigenvalue weighted by molar-refractivity contribution is 5.94. The van der Waals surface area contributed by atoms with Crippen LogP contribution in [0.15, 0.2) is 0 Å². The summed E-state index contributed by atoms with van der Waals surface area (Å²) >= 11 is 0. The van der Waals surface area contributed by atoms with Crippen molar-refractivity contribution in [2.45, 2.75) is 75.7 Å². The van der Waals surface area contributed by atoms with Crippen LogP contribution in [0.5, 0.6) is 0 Å². The minimum absolute atomic E-state index is 0.0171. The number of aliphatic carboxylic acids is 1. The molecule has 0 bridgehead atoms.